The number of H-pyrrole nitrogens is 1. The van der Waals surface area contributed by atoms with Gasteiger partial charge in [-0.1, -0.05) is 30.3 Å². The standard InChI is InChI=1S/C19H19NO3/c1-3-23-19(21)18-16(11-13-7-5-4-6-8-13)15-12-14(22-2)9-10-17(15)20-18/h4-10,12,20H,3,11H2,1-2H3. The number of aromatic nitrogens is 1. The van der Waals surface area contributed by atoms with Crippen LogP contribution in [0.4, 0.5) is 0 Å². The van der Waals surface area contributed by atoms with Crippen molar-refractivity contribution in [3.05, 3.63) is 65.4 Å². The summed E-state index contributed by atoms with van der Waals surface area (Å²) in [5.74, 6) is 0.440. The van der Waals surface area contributed by atoms with E-state index in [1.807, 2.05) is 48.5 Å². The molecule has 0 aliphatic rings. The summed E-state index contributed by atoms with van der Waals surface area (Å²) in [6.45, 7) is 2.16. The minimum absolute atomic E-state index is 0.325. The van der Waals surface area contributed by atoms with Crippen LogP contribution in [0.25, 0.3) is 10.9 Å². The molecule has 4 nitrogen and oxygen atoms in total. The van der Waals surface area contributed by atoms with Crippen molar-refractivity contribution in [2.75, 3.05) is 13.7 Å². The van der Waals surface area contributed by atoms with Crippen LogP contribution in [-0.2, 0) is 11.2 Å². The number of nitrogens with one attached hydrogen (secondary N) is 1. The van der Waals surface area contributed by atoms with E-state index in [1.165, 1.54) is 0 Å². The molecule has 23 heavy (non-hydrogen) atoms. The van der Waals surface area contributed by atoms with Gasteiger partial charge in [0, 0.05) is 17.3 Å². The smallest absolute Gasteiger partial charge is 0.355 e. The fourth-order valence-electron chi connectivity index (χ4n) is 2.71. The van der Waals surface area contributed by atoms with Gasteiger partial charge in [-0.15, -0.1) is 0 Å². The van der Waals surface area contributed by atoms with Gasteiger partial charge >= 0.3 is 5.97 Å². The second-order valence-corrected chi connectivity index (χ2v) is 5.27. The van der Waals surface area contributed by atoms with Crippen molar-refractivity contribution in [1.29, 1.82) is 0 Å². The normalized spacial score (nSPS) is 10.7. The predicted octanol–water partition coefficient (Wildman–Crippen LogP) is 3.94. The highest BCUT2D eigenvalue weighted by molar-refractivity contribution is 5.99. The summed E-state index contributed by atoms with van der Waals surface area (Å²) in [6, 6.07) is 15.8. The van der Waals surface area contributed by atoms with E-state index in [2.05, 4.69) is 4.98 Å². The lowest BCUT2D eigenvalue weighted by molar-refractivity contribution is 0.0519. The monoisotopic (exact) mass is 309 g/mol. The molecule has 1 N–H and O–H groups in total. The molecule has 0 radical (unpaired) electrons. The molecule has 0 unspecified atom stereocenters. The number of methoxy groups -OCH3 is 1. The first kappa shape index (κ1) is 15.2. The highest BCUT2D eigenvalue weighted by atomic mass is 16.5. The Hall–Kier alpha value is -2.75. The fourth-order valence-corrected chi connectivity index (χ4v) is 2.71. The summed E-state index contributed by atoms with van der Waals surface area (Å²) in [5.41, 5.74) is 3.49. The van der Waals surface area contributed by atoms with Crippen molar-refractivity contribution in [3.8, 4) is 5.75 Å². The van der Waals surface area contributed by atoms with E-state index >= 15 is 0 Å². The maximum absolute atomic E-state index is 12.3. The summed E-state index contributed by atoms with van der Waals surface area (Å²) >= 11 is 0. The van der Waals surface area contributed by atoms with Crippen LogP contribution in [0, 0.1) is 0 Å². The van der Waals surface area contributed by atoms with E-state index in [1.54, 1.807) is 14.0 Å². The zero-order valence-corrected chi connectivity index (χ0v) is 13.3. The molecule has 0 saturated carbocycles. The topological polar surface area (TPSA) is 51.3 Å². The Morgan fingerprint density at radius 3 is 2.61 bits per heavy atom. The molecule has 0 aliphatic heterocycles. The Bertz CT molecular complexity index is 821. The molecule has 3 aromatic rings. The molecule has 2 aromatic carbocycles. The first-order valence-corrected chi connectivity index (χ1v) is 7.62. The average Bonchev–Trinajstić information content (AvgIpc) is 2.94. The van der Waals surface area contributed by atoms with E-state index in [-0.39, 0.29) is 5.97 Å². The summed E-state index contributed by atoms with van der Waals surface area (Å²) in [7, 11) is 1.64. The maximum Gasteiger partial charge on any atom is 0.355 e. The van der Waals surface area contributed by atoms with E-state index in [9.17, 15) is 4.79 Å². The quantitative estimate of drug-likeness (QED) is 0.726. The third-order valence-corrected chi connectivity index (χ3v) is 3.82. The summed E-state index contributed by atoms with van der Waals surface area (Å²) in [6.07, 6.45) is 0.655. The molecule has 0 amide bonds. The SMILES string of the molecule is CCOC(=O)c1[nH]c2ccc(OC)cc2c1Cc1ccccc1. The molecule has 0 aliphatic carbocycles. The van der Waals surface area contributed by atoms with Gasteiger partial charge in [0.25, 0.3) is 0 Å². The first-order chi connectivity index (χ1) is 11.2. The number of rotatable bonds is 5. The van der Waals surface area contributed by atoms with E-state index in [0.717, 1.165) is 27.8 Å². The third kappa shape index (κ3) is 3.06. The minimum atomic E-state index is -0.325. The van der Waals surface area contributed by atoms with Crippen molar-refractivity contribution in [3.63, 3.8) is 0 Å². The predicted molar refractivity (Wildman–Crippen MR) is 90.1 cm³/mol. The van der Waals surface area contributed by atoms with Crippen molar-refractivity contribution >= 4 is 16.9 Å². The molecule has 0 fully saturated rings. The number of hydrogen-bond acceptors (Lipinski definition) is 3. The van der Waals surface area contributed by atoms with Gasteiger partial charge in [0.2, 0.25) is 0 Å². The Morgan fingerprint density at radius 1 is 1.13 bits per heavy atom. The zero-order chi connectivity index (χ0) is 16.2. The van der Waals surface area contributed by atoms with Gasteiger partial charge in [-0.3, -0.25) is 0 Å². The minimum Gasteiger partial charge on any atom is -0.497 e. The van der Waals surface area contributed by atoms with Gasteiger partial charge < -0.3 is 14.5 Å². The number of esters is 1. The molecular formula is C19H19NO3. The number of carbonyl (C=O) groups is 1. The largest absolute Gasteiger partial charge is 0.497 e. The second kappa shape index (κ2) is 6.57. The van der Waals surface area contributed by atoms with E-state index in [4.69, 9.17) is 9.47 Å². The lowest BCUT2D eigenvalue weighted by Gasteiger charge is -2.06. The maximum atomic E-state index is 12.3. The van der Waals surface area contributed by atoms with Crippen LogP contribution in [0.5, 0.6) is 5.75 Å². The molecule has 118 valence electrons. The van der Waals surface area contributed by atoms with Gasteiger partial charge in [0.1, 0.15) is 11.4 Å². The van der Waals surface area contributed by atoms with Gasteiger partial charge in [-0.2, -0.15) is 0 Å². The number of aromatic amines is 1. The van der Waals surface area contributed by atoms with Crippen molar-refractivity contribution in [2.45, 2.75) is 13.3 Å². The fraction of sp³-hybridized carbons (Fsp3) is 0.211. The number of ether oxygens (including phenoxy) is 2. The van der Waals surface area contributed by atoms with E-state index in [0.29, 0.717) is 18.7 Å². The number of hydrogen-bond donors (Lipinski definition) is 1. The van der Waals surface area contributed by atoms with E-state index < -0.39 is 0 Å². The highest BCUT2D eigenvalue weighted by Gasteiger charge is 2.19. The molecule has 0 saturated heterocycles. The Morgan fingerprint density at radius 2 is 1.91 bits per heavy atom. The van der Waals surface area contributed by atoms with Gasteiger partial charge in [-0.25, -0.2) is 4.79 Å². The van der Waals surface area contributed by atoms with Crippen LogP contribution in [0.1, 0.15) is 28.5 Å². The average molecular weight is 309 g/mol. The molecule has 4 heteroatoms. The molecule has 0 spiro atoms. The number of fused-ring (bicyclic) bond motifs is 1. The molecule has 3 rings (SSSR count). The molecular weight excluding hydrogens is 290 g/mol. The molecule has 0 bridgehead atoms. The lowest BCUT2D eigenvalue weighted by atomic mass is 10.0. The Labute approximate surface area is 135 Å². The van der Waals surface area contributed by atoms with Crippen LogP contribution in [0.3, 0.4) is 0 Å². The van der Waals surface area contributed by atoms with Crippen LogP contribution >= 0.6 is 0 Å². The van der Waals surface area contributed by atoms with Gasteiger partial charge in [0.15, 0.2) is 0 Å². The Balaban J connectivity index is 2.13. The summed E-state index contributed by atoms with van der Waals surface area (Å²) in [4.78, 5) is 15.5. The first-order valence-electron chi connectivity index (χ1n) is 7.62. The Kier molecular flexibility index (Phi) is 4.33. The van der Waals surface area contributed by atoms with Gasteiger partial charge in [0.05, 0.1) is 13.7 Å². The van der Waals surface area contributed by atoms with Crippen LogP contribution in [-0.4, -0.2) is 24.7 Å². The van der Waals surface area contributed by atoms with Crippen molar-refractivity contribution in [1.82, 2.24) is 4.98 Å². The molecule has 1 heterocycles. The van der Waals surface area contributed by atoms with Crippen LogP contribution in [0.2, 0.25) is 0 Å². The van der Waals surface area contributed by atoms with Crippen LogP contribution < -0.4 is 4.74 Å². The second-order valence-electron chi connectivity index (χ2n) is 5.27. The summed E-state index contributed by atoms with van der Waals surface area (Å²) in [5, 5.41) is 0.983. The number of carbonyl (C=O) groups excluding carboxylic acids is 1. The van der Waals surface area contributed by atoms with Gasteiger partial charge in [-0.05, 0) is 36.2 Å². The third-order valence-electron chi connectivity index (χ3n) is 3.82. The van der Waals surface area contributed by atoms with Crippen molar-refractivity contribution < 1.29 is 14.3 Å². The van der Waals surface area contributed by atoms with Crippen LogP contribution in [0.15, 0.2) is 48.5 Å². The lowest BCUT2D eigenvalue weighted by Crippen LogP contribution is -2.08. The zero-order valence-electron chi connectivity index (χ0n) is 13.3. The summed E-state index contributed by atoms with van der Waals surface area (Å²) < 4.78 is 10.5. The van der Waals surface area contributed by atoms with Crippen molar-refractivity contribution in [2.24, 2.45) is 0 Å². The molecule has 0 atom stereocenters. The molecule has 1 aromatic heterocycles. The highest BCUT2D eigenvalue weighted by Crippen LogP contribution is 2.29. The number of benzene rings is 2.